The molecule has 0 aromatic carbocycles. The topological polar surface area (TPSA) is 113 Å². The average Bonchev–Trinajstić information content (AvgIpc) is 3.04. The lowest BCUT2D eigenvalue weighted by molar-refractivity contribution is -0.576. The van der Waals surface area contributed by atoms with Crippen LogP contribution in [0.5, 0.6) is 0 Å². The summed E-state index contributed by atoms with van der Waals surface area (Å²) in [5, 5.41) is 9.33. The normalized spacial score (nSPS) is 11.7. The first-order valence-electron chi connectivity index (χ1n) is 19.1. The van der Waals surface area contributed by atoms with Crippen molar-refractivity contribution in [2.45, 2.75) is 181 Å². The quantitative estimate of drug-likeness (QED) is 0.0420. The first-order valence-corrected chi connectivity index (χ1v) is 19.1. The van der Waals surface area contributed by atoms with E-state index in [0.29, 0.717) is 30.4 Å². The number of nitrogens with zero attached hydrogens (tertiary/aromatic N) is 2. The fourth-order valence-electron chi connectivity index (χ4n) is 5.62. The smallest absolute Gasteiger partial charge is 0.305 e. The van der Waals surface area contributed by atoms with Crippen LogP contribution in [0.25, 0.3) is 0 Å². The van der Waals surface area contributed by atoms with E-state index in [-0.39, 0.29) is 57.3 Å². The number of nitroso groups, excluding NO2 is 1. The summed E-state index contributed by atoms with van der Waals surface area (Å²) in [5.41, 5.74) is 0. The zero-order valence-electron chi connectivity index (χ0n) is 30.1. The standard InChI is InChI=1S/C37H71N2O7/c1-4-7-10-12-14-16-18-20-23-26-35(41)45-32-29-38(37(43)34(25-22-9-6-3)39(44)28-31-40)30-33-46-36(42)27-24-21-19-17-15-13-11-8-5-2/h34,40H,4-33H2,1-3H3/q+1. The van der Waals surface area contributed by atoms with Gasteiger partial charge in [0.2, 0.25) is 6.54 Å². The molecule has 0 spiro atoms. The molecular formula is C37H71N2O7+. The number of hydrogen-bond acceptors (Lipinski definition) is 7. The van der Waals surface area contributed by atoms with Gasteiger partial charge < -0.3 is 19.5 Å². The van der Waals surface area contributed by atoms with Crippen LogP contribution in [-0.4, -0.2) is 78.1 Å². The van der Waals surface area contributed by atoms with Crippen molar-refractivity contribution in [2.24, 2.45) is 0 Å². The Hall–Kier alpha value is -2.03. The molecule has 46 heavy (non-hydrogen) atoms. The number of hydrogen-bond donors (Lipinski definition) is 1. The minimum absolute atomic E-state index is 0.0227. The molecule has 270 valence electrons. The molecular weight excluding hydrogens is 584 g/mol. The average molecular weight is 656 g/mol. The molecule has 0 bridgehead atoms. The van der Waals surface area contributed by atoms with E-state index in [2.05, 4.69) is 20.8 Å². The summed E-state index contributed by atoms with van der Waals surface area (Å²) in [6.45, 7) is 6.28. The van der Waals surface area contributed by atoms with Crippen molar-refractivity contribution in [3.05, 3.63) is 4.91 Å². The van der Waals surface area contributed by atoms with Crippen LogP contribution in [0.3, 0.4) is 0 Å². The summed E-state index contributed by atoms with van der Waals surface area (Å²) in [4.78, 5) is 52.4. The molecule has 0 fully saturated rings. The van der Waals surface area contributed by atoms with Gasteiger partial charge in [-0.25, -0.2) is 0 Å². The first kappa shape index (κ1) is 44.0. The Bertz CT molecular complexity index is 722. The number of carbonyl (C=O) groups excluding carboxylic acids is 3. The number of rotatable bonds is 34. The molecule has 0 aliphatic carbocycles. The maximum absolute atomic E-state index is 13.5. The highest BCUT2D eigenvalue weighted by Gasteiger charge is 2.36. The van der Waals surface area contributed by atoms with E-state index >= 15 is 0 Å². The maximum atomic E-state index is 13.5. The molecule has 0 saturated carbocycles. The number of carbonyl (C=O) groups is 3. The van der Waals surface area contributed by atoms with Crippen LogP contribution in [0.4, 0.5) is 0 Å². The van der Waals surface area contributed by atoms with Gasteiger partial charge in [-0.2, -0.15) is 0 Å². The van der Waals surface area contributed by atoms with Crippen LogP contribution in [0, 0.1) is 4.91 Å². The molecule has 0 aromatic rings. The van der Waals surface area contributed by atoms with Gasteiger partial charge in [-0.05, 0) is 19.3 Å². The van der Waals surface area contributed by atoms with E-state index in [0.717, 1.165) is 51.4 Å². The highest BCUT2D eigenvalue weighted by atomic mass is 16.5. The summed E-state index contributed by atoms with van der Waals surface area (Å²) in [6.07, 6.45) is 24.7. The Kier molecular flexibility index (Phi) is 31.4. The third-order valence-corrected chi connectivity index (χ3v) is 8.56. The van der Waals surface area contributed by atoms with Crippen molar-refractivity contribution in [3.8, 4) is 0 Å². The van der Waals surface area contributed by atoms with Crippen LogP contribution < -0.4 is 0 Å². The second-order valence-corrected chi connectivity index (χ2v) is 12.8. The Morgan fingerprint density at radius 1 is 0.587 bits per heavy atom. The van der Waals surface area contributed by atoms with Gasteiger partial charge in [0.15, 0.2) is 0 Å². The molecule has 0 radical (unpaired) electrons. The predicted molar refractivity (Wildman–Crippen MR) is 186 cm³/mol. The van der Waals surface area contributed by atoms with Gasteiger partial charge in [0, 0.05) is 28.9 Å². The number of aliphatic hydroxyl groups is 1. The number of ether oxygens (including phenoxy) is 2. The minimum Gasteiger partial charge on any atom is -0.464 e. The lowest BCUT2D eigenvalue weighted by Gasteiger charge is -2.24. The van der Waals surface area contributed by atoms with Crippen molar-refractivity contribution in [1.82, 2.24) is 4.90 Å². The molecule has 1 amide bonds. The van der Waals surface area contributed by atoms with Crippen molar-refractivity contribution >= 4 is 17.8 Å². The Morgan fingerprint density at radius 3 is 1.35 bits per heavy atom. The van der Waals surface area contributed by atoms with Gasteiger partial charge in [-0.15, -0.1) is 0 Å². The highest BCUT2D eigenvalue weighted by Crippen LogP contribution is 2.14. The van der Waals surface area contributed by atoms with Gasteiger partial charge in [-0.3, -0.25) is 14.4 Å². The molecule has 0 rings (SSSR count). The second-order valence-electron chi connectivity index (χ2n) is 12.8. The third-order valence-electron chi connectivity index (χ3n) is 8.56. The zero-order valence-corrected chi connectivity index (χ0v) is 30.1. The van der Waals surface area contributed by atoms with Gasteiger partial charge in [0.05, 0.1) is 13.1 Å². The fraction of sp³-hybridized carbons (Fsp3) is 0.919. The third kappa shape index (κ3) is 26.1. The second kappa shape index (κ2) is 32.9. The van der Waals surface area contributed by atoms with Crippen LogP contribution in [0.1, 0.15) is 175 Å². The summed E-state index contributed by atoms with van der Waals surface area (Å²) in [6, 6.07) is -0.936. The first-order chi connectivity index (χ1) is 22.4. The summed E-state index contributed by atoms with van der Waals surface area (Å²) < 4.78 is 11.5. The van der Waals surface area contributed by atoms with E-state index in [4.69, 9.17) is 9.47 Å². The molecule has 0 heterocycles. The Balaban J connectivity index is 4.74. The molecule has 1 N–H and O–H groups in total. The highest BCUT2D eigenvalue weighted by molar-refractivity contribution is 5.80. The molecule has 0 aromatic heterocycles. The van der Waals surface area contributed by atoms with Crippen molar-refractivity contribution < 1.29 is 33.7 Å². The van der Waals surface area contributed by atoms with Crippen LogP contribution >= 0.6 is 0 Å². The number of amides is 1. The SMILES string of the molecule is CCCCCCCCCCCC(=O)OCCN(CCOC(=O)CCCCCCCCCCC)C(=O)C(CCCCC)[N+](=O)CCO. The Labute approximate surface area is 281 Å². The number of esters is 2. The van der Waals surface area contributed by atoms with Crippen molar-refractivity contribution in [1.29, 1.82) is 0 Å². The molecule has 0 aliphatic heterocycles. The number of aliphatic hydroxyl groups excluding tert-OH is 1. The Morgan fingerprint density at radius 2 is 0.957 bits per heavy atom. The van der Waals surface area contributed by atoms with Gasteiger partial charge in [-0.1, -0.05) is 136 Å². The van der Waals surface area contributed by atoms with Crippen molar-refractivity contribution in [2.75, 3.05) is 39.5 Å². The van der Waals surface area contributed by atoms with E-state index in [1.807, 2.05) is 0 Å². The lowest BCUT2D eigenvalue weighted by atomic mass is 10.1. The van der Waals surface area contributed by atoms with Crippen LogP contribution in [0.2, 0.25) is 0 Å². The van der Waals surface area contributed by atoms with Gasteiger partial charge in [0.25, 0.3) is 11.9 Å². The van der Waals surface area contributed by atoms with Gasteiger partial charge in [0.1, 0.15) is 19.8 Å². The van der Waals surface area contributed by atoms with Gasteiger partial charge >= 0.3 is 11.9 Å². The molecule has 1 atom stereocenters. The monoisotopic (exact) mass is 656 g/mol. The predicted octanol–water partition coefficient (Wildman–Crippen LogP) is 8.46. The maximum Gasteiger partial charge on any atom is 0.305 e. The molecule has 1 unspecified atom stereocenters. The van der Waals surface area contributed by atoms with E-state index < -0.39 is 6.04 Å². The largest absolute Gasteiger partial charge is 0.464 e. The number of unbranched alkanes of at least 4 members (excludes halogenated alkanes) is 18. The summed E-state index contributed by atoms with van der Waals surface area (Å²) >= 11 is 0. The van der Waals surface area contributed by atoms with E-state index in [1.165, 1.54) is 81.9 Å². The van der Waals surface area contributed by atoms with Crippen LogP contribution in [-0.2, 0) is 23.9 Å². The fourth-order valence-corrected chi connectivity index (χ4v) is 5.62. The molecule has 0 saturated heterocycles. The van der Waals surface area contributed by atoms with E-state index in [1.54, 1.807) is 0 Å². The minimum atomic E-state index is -0.936. The molecule has 9 heteroatoms. The lowest BCUT2D eigenvalue weighted by Crippen LogP contribution is -2.47. The summed E-state index contributed by atoms with van der Waals surface area (Å²) in [7, 11) is 0. The zero-order chi connectivity index (χ0) is 34.1. The molecule has 0 aliphatic rings. The van der Waals surface area contributed by atoms with Crippen molar-refractivity contribution in [3.63, 3.8) is 0 Å². The summed E-state index contributed by atoms with van der Waals surface area (Å²) in [5.74, 6) is -0.953. The molecule has 9 nitrogen and oxygen atoms in total. The van der Waals surface area contributed by atoms with E-state index in [9.17, 15) is 24.4 Å². The van der Waals surface area contributed by atoms with Crippen LogP contribution in [0.15, 0.2) is 0 Å².